The maximum Gasteiger partial charge on any atom is 0.417 e. The van der Waals surface area contributed by atoms with Gasteiger partial charge in [-0.25, -0.2) is 0 Å². The monoisotopic (exact) mass is 215 g/mol. The van der Waals surface area contributed by atoms with Crippen LogP contribution in [-0.4, -0.2) is 10.2 Å². The van der Waals surface area contributed by atoms with Crippen LogP contribution in [-0.2, 0) is 12.7 Å². The van der Waals surface area contributed by atoms with E-state index in [0.29, 0.717) is 5.69 Å². The predicted molar refractivity (Wildman–Crippen MR) is 49.0 cm³/mol. The first kappa shape index (κ1) is 9.97. The highest BCUT2D eigenvalue weighted by Gasteiger charge is 2.33. The van der Waals surface area contributed by atoms with Gasteiger partial charge in [-0.2, -0.15) is 18.3 Å². The fourth-order valence-electron chi connectivity index (χ4n) is 1.52. The molecule has 0 saturated heterocycles. The number of nitrogens with two attached hydrogens (primary N) is 1. The van der Waals surface area contributed by atoms with Crippen molar-refractivity contribution in [1.82, 2.24) is 10.2 Å². The normalized spacial score (nSPS) is 12.3. The summed E-state index contributed by atoms with van der Waals surface area (Å²) >= 11 is 0. The minimum absolute atomic E-state index is 0.00356. The summed E-state index contributed by atoms with van der Waals surface area (Å²) in [5, 5.41) is 6.32. The fourth-order valence-corrected chi connectivity index (χ4v) is 1.52. The quantitative estimate of drug-likeness (QED) is 0.764. The Morgan fingerprint density at radius 1 is 1.33 bits per heavy atom. The van der Waals surface area contributed by atoms with Crippen LogP contribution < -0.4 is 5.73 Å². The Labute approximate surface area is 83.1 Å². The number of fused-ring (bicyclic) bond motifs is 1. The van der Waals surface area contributed by atoms with E-state index in [1.807, 2.05) is 0 Å². The van der Waals surface area contributed by atoms with E-state index in [-0.39, 0.29) is 17.4 Å². The summed E-state index contributed by atoms with van der Waals surface area (Å²) in [6.45, 7) is 0.00356. The number of aromatic amines is 1. The Balaban J connectivity index is 2.78. The lowest BCUT2D eigenvalue weighted by Crippen LogP contribution is -2.07. The van der Waals surface area contributed by atoms with Crippen molar-refractivity contribution in [3.63, 3.8) is 0 Å². The SMILES string of the molecule is NCc1[nH]nc2cccc(C(F)(F)F)c12. The van der Waals surface area contributed by atoms with Crippen LogP contribution in [0.1, 0.15) is 11.3 Å². The van der Waals surface area contributed by atoms with Gasteiger partial charge in [-0.1, -0.05) is 6.07 Å². The van der Waals surface area contributed by atoms with E-state index < -0.39 is 11.7 Å². The van der Waals surface area contributed by atoms with E-state index in [0.717, 1.165) is 6.07 Å². The number of aromatic nitrogens is 2. The second-order valence-electron chi connectivity index (χ2n) is 3.10. The van der Waals surface area contributed by atoms with E-state index in [4.69, 9.17) is 5.73 Å². The highest BCUT2D eigenvalue weighted by molar-refractivity contribution is 5.85. The largest absolute Gasteiger partial charge is 0.417 e. The van der Waals surface area contributed by atoms with Gasteiger partial charge in [0.2, 0.25) is 0 Å². The molecule has 0 fully saturated rings. The Hall–Kier alpha value is -1.56. The van der Waals surface area contributed by atoms with Crippen molar-refractivity contribution >= 4 is 10.9 Å². The van der Waals surface area contributed by atoms with E-state index >= 15 is 0 Å². The summed E-state index contributed by atoms with van der Waals surface area (Å²) < 4.78 is 37.9. The van der Waals surface area contributed by atoms with Crippen LogP contribution in [0.25, 0.3) is 10.9 Å². The summed E-state index contributed by atoms with van der Waals surface area (Å²) in [6, 6.07) is 3.86. The molecule has 0 atom stereocenters. The van der Waals surface area contributed by atoms with Gasteiger partial charge >= 0.3 is 6.18 Å². The van der Waals surface area contributed by atoms with Gasteiger partial charge in [0, 0.05) is 11.9 Å². The zero-order valence-electron chi connectivity index (χ0n) is 7.60. The minimum Gasteiger partial charge on any atom is -0.325 e. The molecule has 0 aliphatic rings. The molecule has 80 valence electrons. The van der Waals surface area contributed by atoms with Crippen LogP contribution in [0.4, 0.5) is 13.2 Å². The van der Waals surface area contributed by atoms with Gasteiger partial charge in [0.05, 0.1) is 16.8 Å². The Bertz CT molecular complexity index is 487. The van der Waals surface area contributed by atoms with Crippen LogP contribution in [0.2, 0.25) is 0 Å². The van der Waals surface area contributed by atoms with Crippen molar-refractivity contribution in [2.45, 2.75) is 12.7 Å². The van der Waals surface area contributed by atoms with Crippen molar-refractivity contribution in [2.75, 3.05) is 0 Å². The first-order chi connectivity index (χ1) is 7.04. The second-order valence-corrected chi connectivity index (χ2v) is 3.10. The molecule has 0 radical (unpaired) electrons. The highest BCUT2D eigenvalue weighted by atomic mass is 19.4. The van der Waals surface area contributed by atoms with Gasteiger partial charge in [0.15, 0.2) is 0 Å². The summed E-state index contributed by atoms with van der Waals surface area (Å²) in [7, 11) is 0. The van der Waals surface area contributed by atoms with Gasteiger partial charge in [0.25, 0.3) is 0 Å². The predicted octanol–water partition coefficient (Wildman–Crippen LogP) is 2.04. The molecule has 0 aliphatic heterocycles. The molecule has 0 spiro atoms. The summed E-state index contributed by atoms with van der Waals surface area (Å²) in [6.07, 6.45) is -4.38. The van der Waals surface area contributed by atoms with E-state index in [9.17, 15) is 13.2 Å². The highest BCUT2D eigenvalue weighted by Crippen LogP contribution is 2.35. The molecule has 3 N–H and O–H groups in total. The average Bonchev–Trinajstić information content (AvgIpc) is 2.58. The molecule has 1 heterocycles. The molecule has 0 saturated carbocycles. The van der Waals surface area contributed by atoms with Crippen molar-refractivity contribution in [3.05, 3.63) is 29.5 Å². The average molecular weight is 215 g/mol. The topological polar surface area (TPSA) is 54.7 Å². The number of hydrogen-bond acceptors (Lipinski definition) is 2. The first-order valence-electron chi connectivity index (χ1n) is 4.27. The van der Waals surface area contributed by atoms with E-state index in [1.165, 1.54) is 12.1 Å². The number of hydrogen-bond donors (Lipinski definition) is 2. The Morgan fingerprint density at radius 2 is 2.07 bits per heavy atom. The van der Waals surface area contributed by atoms with E-state index in [1.54, 1.807) is 0 Å². The van der Waals surface area contributed by atoms with Crippen LogP contribution >= 0.6 is 0 Å². The molecular weight excluding hydrogens is 207 g/mol. The zero-order valence-corrected chi connectivity index (χ0v) is 7.60. The molecule has 2 rings (SSSR count). The van der Waals surface area contributed by atoms with E-state index in [2.05, 4.69) is 10.2 Å². The molecule has 2 aromatic rings. The lowest BCUT2D eigenvalue weighted by Gasteiger charge is -2.08. The fraction of sp³-hybridized carbons (Fsp3) is 0.222. The first-order valence-corrected chi connectivity index (χ1v) is 4.27. The zero-order chi connectivity index (χ0) is 11.1. The molecule has 1 aromatic heterocycles. The molecule has 15 heavy (non-hydrogen) atoms. The lowest BCUT2D eigenvalue weighted by atomic mass is 10.1. The maximum atomic E-state index is 12.6. The minimum atomic E-state index is -4.38. The summed E-state index contributed by atoms with van der Waals surface area (Å²) in [5.74, 6) is 0. The Morgan fingerprint density at radius 3 is 2.67 bits per heavy atom. The van der Waals surface area contributed by atoms with Crippen molar-refractivity contribution in [1.29, 1.82) is 0 Å². The molecule has 0 unspecified atom stereocenters. The third-order valence-electron chi connectivity index (χ3n) is 2.17. The number of halogens is 3. The molecule has 3 nitrogen and oxygen atoms in total. The van der Waals surface area contributed by atoms with Crippen molar-refractivity contribution < 1.29 is 13.2 Å². The maximum absolute atomic E-state index is 12.6. The molecule has 6 heteroatoms. The number of nitrogens with one attached hydrogen (secondary N) is 1. The number of rotatable bonds is 1. The molecule has 1 aromatic carbocycles. The van der Waals surface area contributed by atoms with Crippen molar-refractivity contribution in [3.8, 4) is 0 Å². The number of nitrogens with zero attached hydrogens (tertiary/aromatic N) is 1. The van der Waals surface area contributed by atoms with Crippen LogP contribution in [0.3, 0.4) is 0 Å². The number of H-pyrrole nitrogens is 1. The standard InChI is InChI=1S/C9H8F3N3/c10-9(11,12)5-2-1-3-6-8(5)7(4-13)15-14-6/h1-3H,4,13H2,(H,14,15). The van der Waals surface area contributed by atoms with Gasteiger partial charge in [0.1, 0.15) is 0 Å². The third kappa shape index (κ3) is 1.56. The van der Waals surface area contributed by atoms with Gasteiger partial charge in [-0.05, 0) is 12.1 Å². The molecule has 0 amide bonds. The third-order valence-corrected chi connectivity index (χ3v) is 2.17. The van der Waals surface area contributed by atoms with Gasteiger partial charge in [-0.15, -0.1) is 0 Å². The molecular formula is C9H8F3N3. The van der Waals surface area contributed by atoms with Crippen LogP contribution in [0.15, 0.2) is 18.2 Å². The molecule has 0 aliphatic carbocycles. The lowest BCUT2D eigenvalue weighted by molar-refractivity contribution is -0.136. The molecule has 0 bridgehead atoms. The van der Waals surface area contributed by atoms with Crippen molar-refractivity contribution in [2.24, 2.45) is 5.73 Å². The summed E-state index contributed by atoms with van der Waals surface area (Å²) in [4.78, 5) is 0. The number of alkyl halides is 3. The Kier molecular flexibility index (Phi) is 2.15. The van der Waals surface area contributed by atoms with Crippen LogP contribution in [0.5, 0.6) is 0 Å². The summed E-state index contributed by atoms with van der Waals surface area (Å²) in [5.41, 5.74) is 5.22. The second kappa shape index (κ2) is 3.23. The number of benzene rings is 1. The van der Waals surface area contributed by atoms with Gasteiger partial charge < -0.3 is 5.73 Å². The smallest absolute Gasteiger partial charge is 0.325 e. The van der Waals surface area contributed by atoms with Gasteiger partial charge in [-0.3, -0.25) is 5.10 Å². The van der Waals surface area contributed by atoms with Crippen LogP contribution in [0, 0.1) is 0 Å².